The average Bonchev–Trinajstić information content (AvgIpc) is 3.26. The van der Waals surface area contributed by atoms with Crippen LogP contribution in [0, 0.1) is 12.7 Å². The van der Waals surface area contributed by atoms with E-state index in [0.29, 0.717) is 27.4 Å². The summed E-state index contributed by atoms with van der Waals surface area (Å²) in [5.41, 5.74) is 9.77. The number of aryl methyl sites for hydroxylation is 1. The molecule has 2 N–H and O–H groups in total. The van der Waals surface area contributed by atoms with Crippen molar-refractivity contribution in [2.75, 3.05) is 0 Å². The van der Waals surface area contributed by atoms with Gasteiger partial charge in [0.25, 0.3) is 0 Å². The van der Waals surface area contributed by atoms with E-state index in [-0.39, 0.29) is 17.6 Å². The molecule has 5 aromatic rings. The Morgan fingerprint density at radius 2 is 1.84 bits per heavy atom. The molecule has 0 amide bonds. The average molecular weight is 531 g/mol. The topological polar surface area (TPSA) is 91.7 Å². The number of aromatic nitrogens is 5. The van der Waals surface area contributed by atoms with Crippen molar-refractivity contribution in [2.45, 2.75) is 57.5 Å². The fraction of sp³-hybridized carbons (Fsp3) is 0.310. The lowest BCUT2D eigenvalue weighted by atomic mass is 9.78. The van der Waals surface area contributed by atoms with E-state index >= 15 is 4.39 Å². The van der Waals surface area contributed by atoms with Gasteiger partial charge in [0.2, 0.25) is 0 Å². The summed E-state index contributed by atoms with van der Waals surface area (Å²) < 4.78 is 23.4. The van der Waals surface area contributed by atoms with Gasteiger partial charge in [-0.2, -0.15) is 0 Å². The van der Waals surface area contributed by atoms with Crippen molar-refractivity contribution >= 4 is 33.5 Å². The second-order valence-corrected chi connectivity index (χ2v) is 10.5. The lowest BCUT2D eigenvalue weighted by Gasteiger charge is -2.37. The third-order valence-corrected chi connectivity index (χ3v) is 8.10. The highest BCUT2D eigenvalue weighted by atomic mass is 35.5. The van der Waals surface area contributed by atoms with Gasteiger partial charge in [0, 0.05) is 52.6 Å². The van der Waals surface area contributed by atoms with Crippen LogP contribution in [0.5, 0.6) is 11.8 Å². The van der Waals surface area contributed by atoms with Crippen molar-refractivity contribution in [3.63, 3.8) is 0 Å². The molecule has 2 aromatic carbocycles. The second-order valence-electron chi connectivity index (χ2n) is 10.1. The summed E-state index contributed by atoms with van der Waals surface area (Å²) in [4.78, 5) is 17.5. The molecular formula is C29H28ClFN6O. The number of benzene rings is 2. The molecule has 0 atom stereocenters. The third kappa shape index (κ3) is 4.37. The molecule has 6 rings (SSSR count). The van der Waals surface area contributed by atoms with Gasteiger partial charge in [-0.1, -0.05) is 18.5 Å². The van der Waals surface area contributed by atoms with Gasteiger partial charge in [-0.3, -0.25) is 4.98 Å². The zero-order valence-electron chi connectivity index (χ0n) is 21.3. The fourth-order valence-electron chi connectivity index (χ4n) is 5.58. The molecule has 1 aliphatic rings. The van der Waals surface area contributed by atoms with Crippen LogP contribution in [0.2, 0.25) is 5.02 Å². The van der Waals surface area contributed by atoms with Gasteiger partial charge in [-0.25, -0.2) is 19.3 Å². The maximum absolute atomic E-state index is 15.4. The van der Waals surface area contributed by atoms with E-state index < -0.39 is 5.82 Å². The van der Waals surface area contributed by atoms with E-state index in [1.807, 2.05) is 13.0 Å². The molecule has 0 unspecified atom stereocenters. The summed E-state index contributed by atoms with van der Waals surface area (Å²) in [6.07, 6.45) is 9.78. The first-order chi connectivity index (χ1) is 18.3. The summed E-state index contributed by atoms with van der Waals surface area (Å²) in [6, 6.07) is 10.6. The van der Waals surface area contributed by atoms with Crippen molar-refractivity contribution in [1.82, 2.24) is 24.5 Å². The zero-order chi connectivity index (χ0) is 26.4. The quantitative estimate of drug-likeness (QED) is 0.259. The second kappa shape index (κ2) is 9.60. The van der Waals surface area contributed by atoms with E-state index in [9.17, 15) is 0 Å². The Morgan fingerprint density at radius 1 is 1.08 bits per heavy atom. The van der Waals surface area contributed by atoms with Crippen LogP contribution in [0.3, 0.4) is 0 Å². The van der Waals surface area contributed by atoms with Gasteiger partial charge in [-0.05, 0) is 63.3 Å². The zero-order valence-corrected chi connectivity index (χ0v) is 22.0. The fourth-order valence-corrected chi connectivity index (χ4v) is 5.85. The predicted molar refractivity (Wildman–Crippen MR) is 147 cm³/mol. The highest BCUT2D eigenvalue weighted by molar-refractivity contribution is 6.33. The molecule has 3 heterocycles. The number of nitrogens with zero attached hydrogens (tertiary/aromatic N) is 5. The molecule has 38 heavy (non-hydrogen) atoms. The van der Waals surface area contributed by atoms with Gasteiger partial charge in [0.15, 0.2) is 0 Å². The Labute approximate surface area is 224 Å². The highest BCUT2D eigenvalue weighted by Gasteiger charge is 2.32. The number of hydrogen-bond acceptors (Lipinski definition) is 6. The largest absolute Gasteiger partial charge is 0.424 e. The van der Waals surface area contributed by atoms with Crippen molar-refractivity contribution < 1.29 is 9.13 Å². The van der Waals surface area contributed by atoms with E-state index in [1.54, 1.807) is 42.9 Å². The maximum atomic E-state index is 15.4. The number of ether oxygens (including phenoxy) is 1. The van der Waals surface area contributed by atoms with Crippen LogP contribution in [0.1, 0.15) is 50.9 Å². The van der Waals surface area contributed by atoms with Crippen molar-refractivity contribution in [3.05, 3.63) is 71.7 Å². The minimum atomic E-state index is -0.400. The first-order valence-electron chi connectivity index (χ1n) is 12.9. The van der Waals surface area contributed by atoms with E-state index in [4.69, 9.17) is 27.1 Å². The minimum absolute atomic E-state index is 0.0972. The standard InChI is InChI=1S/C29H28ClFN6O/c1-3-29(32)9-7-18(8-10-29)37-17(2)36-26-16-35-25-15-24(31)21(14-22(25)27(26)37)20-6-5-19(13-23(20)30)38-28-33-11-4-12-34-28/h4-6,11-16,18H,3,7-10,32H2,1-2H3. The van der Waals surface area contributed by atoms with Gasteiger partial charge >= 0.3 is 6.01 Å². The lowest BCUT2D eigenvalue weighted by Crippen LogP contribution is -2.42. The molecule has 0 aliphatic heterocycles. The third-order valence-electron chi connectivity index (χ3n) is 7.78. The molecule has 1 fully saturated rings. The Morgan fingerprint density at radius 3 is 2.55 bits per heavy atom. The summed E-state index contributed by atoms with van der Waals surface area (Å²) in [5, 5.41) is 1.20. The van der Waals surface area contributed by atoms with Crippen LogP contribution >= 0.6 is 11.6 Å². The minimum Gasteiger partial charge on any atom is -0.424 e. The van der Waals surface area contributed by atoms with Crippen molar-refractivity contribution in [2.24, 2.45) is 5.73 Å². The van der Waals surface area contributed by atoms with Gasteiger partial charge in [-0.15, -0.1) is 0 Å². The SMILES string of the molecule is CCC1(N)CCC(n2c(C)nc3cnc4cc(F)c(-c5ccc(Oc6ncccn6)cc5Cl)cc4c32)CC1. The summed E-state index contributed by atoms with van der Waals surface area (Å²) in [7, 11) is 0. The number of nitrogens with two attached hydrogens (primary N) is 1. The molecule has 194 valence electrons. The smallest absolute Gasteiger partial charge is 0.321 e. The molecule has 9 heteroatoms. The molecule has 1 saturated carbocycles. The van der Waals surface area contributed by atoms with Crippen molar-refractivity contribution in [1.29, 1.82) is 0 Å². The van der Waals surface area contributed by atoms with Crippen LogP contribution in [0.25, 0.3) is 33.1 Å². The molecule has 0 saturated heterocycles. The number of halogens is 2. The lowest BCUT2D eigenvalue weighted by molar-refractivity contribution is 0.230. The van der Waals surface area contributed by atoms with E-state index in [1.165, 1.54) is 6.07 Å². The number of fused-ring (bicyclic) bond motifs is 3. The maximum Gasteiger partial charge on any atom is 0.321 e. The highest BCUT2D eigenvalue weighted by Crippen LogP contribution is 2.41. The molecule has 7 nitrogen and oxygen atoms in total. The molecule has 3 aromatic heterocycles. The van der Waals surface area contributed by atoms with Crippen molar-refractivity contribution in [3.8, 4) is 22.9 Å². The number of imidazole rings is 1. The van der Waals surface area contributed by atoms with Crippen LogP contribution in [-0.4, -0.2) is 30.0 Å². The Hall–Kier alpha value is -3.62. The summed E-state index contributed by atoms with van der Waals surface area (Å²) in [6.45, 7) is 4.18. The molecule has 0 spiro atoms. The monoisotopic (exact) mass is 530 g/mol. The van der Waals surface area contributed by atoms with Crippen LogP contribution in [0.4, 0.5) is 4.39 Å². The normalized spacial score (nSPS) is 19.8. The molecule has 0 bridgehead atoms. The predicted octanol–water partition coefficient (Wildman–Crippen LogP) is 7.16. The number of hydrogen-bond donors (Lipinski definition) is 1. The first-order valence-corrected chi connectivity index (χ1v) is 13.2. The van der Waals surface area contributed by atoms with Gasteiger partial charge < -0.3 is 15.0 Å². The number of rotatable bonds is 5. The molecule has 1 aliphatic carbocycles. The Bertz CT molecular complexity index is 1650. The Kier molecular flexibility index (Phi) is 6.24. The van der Waals surface area contributed by atoms with Gasteiger partial charge in [0.1, 0.15) is 22.9 Å². The first kappa shape index (κ1) is 24.7. The Balaban J connectivity index is 1.43. The number of pyridine rings is 1. The van der Waals surface area contributed by atoms with Crippen LogP contribution in [0.15, 0.2) is 55.0 Å². The molecule has 0 radical (unpaired) electrons. The van der Waals surface area contributed by atoms with Gasteiger partial charge in [0.05, 0.1) is 22.3 Å². The van der Waals surface area contributed by atoms with Crippen LogP contribution < -0.4 is 10.5 Å². The van der Waals surface area contributed by atoms with Crippen LogP contribution in [-0.2, 0) is 0 Å². The van der Waals surface area contributed by atoms with E-state index in [0.717, 1.165) is 54.3 Å². The van der Waals surface area contributed by atoms with E-state index in [2.05, 4.69) is 26.4 Å². The molecular weight excluding hydrogens is 503 g/mol. The summed E-state index contributed by atoms with van der Waals surface area (Å²) >= 11 is 6.64. The summed E-state index contributed by atoms with van der Waals surface area (Å²) in [5.74, 6) is 0.987.